The van der Waals surface area contributed by atoms with Gasteiger partial charge in [-0.1, -0.05) is 0 Å². The molecule has 0 radical (unpaired) electrons. The first-order valence-corrected chi connectivity index (χ1v) is 5.95. The van der Waals surface area contributed by atoms with Crippen molar-refractivity contribution in [3.8, 4) is 0 Å². The van der Waals surface area contributed by atoms with E-state index in [0.717, 1.165) is 26.2 Å². The summed E-state index contributed by atoms with van der Waals surface area (Å²) in [5.41, 5.74) is 0.381. The monoisotopic (exact) mass is 237 g/mol. The Morgan fingerprint density at radius 1 is 1.35 bits per heavy atom. The summed E-state index contributed by atoms with van der Waals surface area (Å²) in [5.74, 6) is -0.142. The van der Waals surface area contributed by atoms with E-state index in [1.807, 2.05) is 0 Å². The van der Waals surface area contributed by atoms with Gasteiger partial charge in [0.15, 0.2) is 6.67 Å². The second-order valence-electron chi connectivity index (χ2n) is 4.48. The molecule has 0 unspecified atom stereocenters. The number of piperazine rings is 1. The number of hydrogen-bond donors (Lipinski definition) is 3. The molecule has 0 saturated carbocycles. The van der Waals surface area contributed by atoms with Crippen LogP contribution in [-0.2, 0) is 0 Å². The summed E-state index contributed by atoms with van der Waals surface area (Å²) in [6, 6.07) is 0. The number of likely N-dealkylation sites (N-methyl/N-ethyl adjacent to an activating group) is 1. The summed E-state index contributed by atoms with van der Waals surface area (Å²) in [6.07, 6.45) is 4.57. The van der Waals surface area contributed by atoms with Crippen LogP contribution in [0.1, 0.15) is 10.5 Å². The van der Waals surface area contributed by atoms with Crippen LogP contribution in [0.15, 0.2) is 18.6 Å². The summed E-state index contributed by atoms with van der Waals surface area (Å²) in [7, 11) is 2.20. The smallest absolute Gasteiger partial charge is 0.275 e. The van der Waals surface area contributed by atoms with Crippen LogP contribution in [0.3, 0.4) is 0 Å². The molecule has 0 bridgehead atoms. The van der Waals surface area contributed by atoms with Crippen molar-refractivity contribution in [2.24, 2.45) is 0 Å². The zero-order valence-electron chi connectivity index (χ0n) is 10.1. The Labute approximate surface area is 101 Å². The molecule has 0 aromatic carbocycles. The van der Waals surface area contributed by atoms with Gasteiger partial charge in [-0.15, -0.1) is 0 Å². The Morgan fingerprint density at radius 2 is 2.12 bits per heavy atom. The second kappa shape index (κ2) is 5.70. The van der Waals surface area contributed by atoms with Crippen molar-refractivity contribution in [1.82, 2.24) is 15.3 Å². The van der Waals surface area contributed by atoms with Crippen LogP contribution in [0, 0.1) is 0 Å². The largest absolute Gasteiger partial charge is 0.328 e. The van der Waals surface area contributed by atoms with Crippen molar-refractivity contribution < 1.29 is 14.6 Å². The Kier molecular flexibility index (Phi) is 4.00. The first-order chi connectivity index (χ1) is 8.25. The van der Waals surface area contributed by atoms with E-state index in [2.05, 4.69) is 22.3 Å². The minimum absolute atomic E-state index is 0.142. The van der Waals surface area contributed by atoms with E-state index in [1.54, 1.807) is 11.1 Å². The maximum atomic E-state index is 11.7. The third-order valence-electron chi connectivity index (χ3n) is 3.11. The van der Waals surface area contributed by atoms with E-state index in [0.29, 0.717) is 12.4 Å². The van der Waals surface area contributed by atoms with Crippen LogP contribution in [0.25, 0.3) is 0 Å². The van der Waals surface area contributed by atoms with Crippen LogP contribution < -0.4 is 15.1 Å². The zero-order chi connectivity index (χ0) is 12.1. The van der Waals surface area contributed by atoms with Crippen LogP contribution in [0.5, 0.6) is 0 Å². The van der Waals surface area contributed by atoms with Gasteiger partial charge in [-0.25, -0.2) is 4.98 Å². The Morgan fingerprint density at radius 3 is 2.76 bits per heavy atom. The number of carbonyl (C=O) groups excluding carboxylic acids is 1. The highest BCUT2D eigenvalue weighted by Crippen LogP contribution is 1.87. The van der Waals surface area contributed by atoms with Crippen molar-refractivity contribution >= 4 is 5.91 Å². The number of nitrogens with zero attached hydrogens (tertiary/aromatic N) is 2. The molecule has 0 atom stereocenters. The van der Waals surface area contributed by atoms with Crippen molar-refractivity contribution in [1.29, 1.82) is 0 Å². The molecule has 1 saturated heterocycles. The second-order valence-corrected chi connectivity index (χ2v) is 4.48. The van der Waals surface area contributed by atoms with Crippen LogP contribution >= 0.6 is 0 Å². The maximum Gasteiger partial charge on any atom is 0.275 e. The average Bonchev–Trinajstić information content (AvgIpc) is 2.39. The first kappa shape index (κ1) is 11.9. The highest BCUT2D eigenvalue weighted by Gasteiger charge is 2.20. The Bertz CT molecular complexity index is 361. The van der Waals surface area contributed by atoms with Crippen molar-refractivity contribution in [3.63, 3.8) is 0 Å². The SMILES string of the molecule is C[NH+]1CC[NH+](CNC(=O)c2cnccn2)CC1. The predicted octanol–water partition coefficient (Wildman–Crippen LogP) is -3.42. The summed E-state index contributed by atoms with van der Waals surface area (Å²) in [4.78, 5) is 22.6. The maximum absolute atomic E-state index is 11.7. The molecule has 6 nitrogen and oxygen atoms in total. The fraction of sp³-hybridized carbons (Fsp3) is 0.545. The Hall–Kier alpha value is -1.53. The van der Waals surface area contributed by atoms with Crippen LogP contribution in [0.2, 0.25) is 0 Å². The van der Waals surface area contributed by atoms with Gasteiger partial charge in [0.2, 0.25) is 0 Å². The minimum Gasteiger partial charge on any atom is -0.328 e. The minimum atomic E-state index is -0.142. The van der Waals surface area contributed by atoms with Crippen LogP contribution in [-0.4, -0.2) is 55.8 Å². The summed E-state index contributed by atoms with van der Waals surface area (Å²) >= 11 is 0. The topological polar surface area (TPSA) is 63.8 Å². The molecule has 17 heavy (non-hydrogen) atoms. The molecule has 2 rings (SSSR count). The van der Waals surface area contributed by atoms with E-state index >= 15 is 0 Å². The predicted molar refractivity (Wildman–Crippen MR) is 61.7 cm³/mol. The quantitative estimate of drug-likeness (QED) is 0.513. The molecule has 1 aliphatic rings. The van der Waals surface area contributed by atoms with E-state index in [9.17, 15) is 4.79 Å². The van der Waals surface area contributed by atoms with Gasteiger partial charge in [-0.05, 0) is 0 Å². The lowest BCUT2D eigenvalue weighted by Gasteiger charge is -2.27. The normalized spacial score (nSPS) is 24.3. The van der Waals surface area contributed by atoms with Gasteiger partial charge in [0.05, 0.1) is 13.2 Å². The molecular weight excluding hydrogens is 218 g/mol. The van der Waals surface area contributed by atoms with E-state index in [-0.39, 0.29) is 5.91 Å². The standard InChI is InChI=1S/C11H17N5O/c1-15-4-6-16(7-5-15)9-14-11(17)10-8-12-2-3-13-10/h2-3,8H,4-7,9H2,1H3,(H,14,17)/p+2. The number of nitrogens with one attached hydrogen (secondary N) is 3. The molecule has 1 fully saturated rings. The molecule has 0 aliphatic carbocycles. The molecule has 0 spiro atoms. The highest BCUT2D eigenvalue weighted by molar-refractivity contribution is 5.91. The molecular formula is C11H19N5O+2. The van der Waals surface area contributed by atoms with Crippen molar-refractivity contribution in [2.75, 3.05) is 39.9 Å². The fourth-order valence-corrected chi connectivity index (χ4v) is 1.92. The number of quaternary nitrogens is 2. The van der Waals surface area contributed by atoms with Gasteiger partial charge in [-0.3, -0.25) is 9.78 Å². The number of rotatable bonds is 3. The lowest BCUT2D eigenvalue weighted by molar-refractivity contribution is -1.00. The molecule has 1 aromatic heterocycles. The molecule has 6 heteroatoms. The zero-order valence-corrected chi connectivity index (χ0v) is 10.1. The molecule has 1 aromatic rings. The van der Waals surface area contributed by atoms with Crippen molar-refractivity contribution in [2.45, 2.75) is 0 Å². The molecule has 3 N–H and O–H groups in total. The lowest BCUT2D eigenvalue weighted by Crippen LogP contribution is -3.27. The van der Waals surface area contributed by atoms with Crippen molar-refractivity contribution in [3.05, 3.63) is 24.3 Å². The van der Waals surface area contributed by atoms with E-state index < -0.39 is 0 Å². The summed E-state index contributed by atoms with van der Waals surface area (Å²) in [5, 5.41) is 2.90. The van der Waals surface area contributed by atoms with E-state index in [1.165, 1.54) is 17.3 Å². The van der Waals surface area contributed by atoms with Gasteiger partial charge >= 0.3 is 0 Å². The van der Waals surface area contributed by atoms with Crippen LogP contribution in [0.4, 0.5) is 0 Å². The number of aromatic nitrogens is 2. The molecule has 92 valence electrons. The Balaban J connectivity index is 1.77. The highest BCUT2D eigenvalue weighted by atomic mass is 16.2. The van der Waals surface area contributed by atoms with Gasteiger partial charge in [0.1, 0.15) is 31.9 Å². The fourth-order valence-electron chi connectivity index (χ4n) is 1.92. The van der Waals surface area contributed by atoms with Gasteiger partial charge < -0.3 is 15.1 Å². The molecule has 1 amide bonds. The number of hydrogen-bond acceptors (Lipinski definition) is 3. The third kappa shape index (κ3) is 3.47. The molecule has 2 heterocycles. The first-order valence-electron chi connectivity index (χ1n) is 5.95. The van der Waals surface area contributed by atoms with Gasteiger partial charge in [-0.2, -0.15) is 0 Å². The van der Waals surface area contributed by atoms with E-state index in [4.69, 9.17) is 0 Å². The number of carbonyl (C=O) groups is 1. The third-order valence-corrected chi connectivity index (χ3v) is 3.11. The average molecular weight is 237 g/mol. The lowest BCUT2D eigenvalue weighted by atomic mass is 10.3. The summed E-state index contributed by atoms with van der Waals surface area (Å²) in [6.45, 7) is 5.20. The van der Waals surface area contributed by atoms with Gasteiger partial charge in [0, 0.05) is 12.4 Å². The number of amides is 1. The molecule has 1 aliphatic heterocycles. The van der Waals surface area contributed by atoms with Gasteiger partial charge in [0.25, 0.3) is 5.91 Å². The summed E-state index contributed by atoms with van der Waals surface area (Å²) < 4.78 is 0.